The van der Waals surface area contributed by atoms with E-state index in [1.807, 2.05) is 0 Å². The van der Waals surface area contributed by atoms with Crippen LogP contribution in [0.3, 0.4) is 0 Å². The number of nitrogens with zero attached hydrogens (tertiary/aromatic N) is 2. The first-order valence-electron chi connectivity index (χ1n) is 2.60. The Hall–Kier alpha value is -0.0800. The molecule has 1 rings (SSSR count). The largest absolute Gasteiger partial charge is 0.308 e. The fourth-order valence-corrected chi connectivity index (χ4v) is 0.612. The Kier molecular flexibility index (Phi) is 1.30. The molecule has 1 unspecified atom stereocenters. The van der Waals surface area contributed by atoms with E-state index < -0.39 is 0 Å². The molecular weight excluding hydrogens is 88.1 g/mol. The van der Waals surface area contributed by atoms with Crippen LogP contribution in [-0.2, 0) is 0 Å². The van der Waals surface area contributed by atoms with Crippen LogP contribution in [0.1, 0.15) is 0 Å². The van der Waals surface area contributed by atoms with E-state index in [1.165, 1.54) is 0 Å². The van der Waals surface area contributed by atoms with E-state index in [0.717, 1.165) is 13.1 Å². The van der Waals surface area contributed by atoms with E-state index in [2.05, 4.69) is 24.3 Å². The predicted molar refractivity (Wildman–Crippen MR) is 29.3 cm³/mol. The summed E-state index contributed by atoms with van der Waals surface area (Å²) >= 11 is 0. The summed E-state index contributed by atoms with van der Waals surface area (Å²) in [7, 11) is 4.15. The summed E-state index contributed by atoms with van der Waals surface area (Å²) in [6, 6.07) is 0.676. The quantitative estimate of drug-likeness (QED) is 0.428. The molecule has 7 heavy (non-hydrogen) atoms. The first-order chi connectivity index (χ1) is 3.29. The van der Waals surface area contributed by atoms with Gasteiger partial charge in [0.2, 0.25) is 0 Å². The standard InChI is InChI=1S/C5H11N2/c1-7(2)4-5-3-6-5/h5H,3-4H2,1-2H3. The summed E-state index contributed by atoms with van der Waals surface area (Å²) in [5.41, 5.74) is 0. The van der Waals surface area contributed by atoms with Crippen molar-refractivity contribution in [2.45, 2.75) is 6.04 Å². The van der Waals surface area contributed by atoms with Gasteiger partial charge in [0.1, 0.15) is 0 Å². The van der Waals surface area contributed by atoms with Gasteiger partial charge in [0.15, 0.2) is 0 Å². The molecule has 1 atom stereocenters. The lowest BCUT2D eigenvalue weighted by Gasteiger charge is -2.04. The normalized spacial score (nSPS) is 28.7. The summed E-state index contributed by atoms with van der Waals surface area (Å²) < 4.78 is 0. The number of rotatable bonds is 2. The fraction of sp³-hybridized carbons (Fsp3) is 1.00. The Balaban J connectivity index is 1.97. The zero-order chi connectivity index (χ0) is 5.28. The maximum Gasteiger partial charge on any atom is 0.0515 e. The molecule has 0 spiro atoms. The molecule has 1 saturated heterocycles. The van der Waals surface area contributed by atoms with Crippen LogP contribution in [0.2, 0.25) is 0 Å². The molecule has 1 radical (unpaired) electrons. The van der Waals surface area contributed by atoms with Crippen LogP contribution in [0.15, 0.2) is 0 Å². The summed E-state index contributed by atoms with van der Waals surface area (Å²) in [6.45, 7) is 2.23. The van der Waals surface area contributed by atoms with Crippen LogP contribution < -0.4 is 5.32 Å². The van der Waals surface area contributed by atoms with Crippen LogP contribution in [0.25, 0.3) is 0 Å². The van der Waals surface area contributed by atoms with Crippen molar-refractivity contribution in [3.63, 3.8) is 0 Å². The van der Waals surface area contributed by atoms with Crippen molar-refractivity contribution in [2.75, 3.05) is 27.2 Å². The molecule has 0 amide bonds. The second-order valence-electron chi connectivity index (χ2n) is 2.28. The van der Waals surface area contributed by atoms with Crippen LogP contribution in [0.5, 0.6) is 0 Å². The van der Waals surface area contributed by atoms with E-state index in [4.69, 9.17) is 0 Å². The third-order valence-electron chi connectivity index (χ3n) is 1.02. The van der Waals surface area contributed by atoms with Crippen molar-refractivity contribution in [3.05, 3.63) is 0 Å². The molecule has 0 aromatic heterocycles. The molecule has 2 nitrogen and oxygen atoms in total. The molecule has 1 fully saturated rings. The average molecular weight is 99.2 g/mol. The highest BCUT2D eigenvalue weighted by molar-refractivity contribution is 4.83. The second-order valence-corrected chi connectivity index (χ2v) is 2.28. The average Bonchev–Trinajstić information content (AvgIpc) is 2.17. The highest BCUT2D eigenvalue weighted by Gasteiger charge is 2.21. The smallest absolute Gasteiger partial charge is 0.0515 e. The Morgan fingerprint density at radius 2 is 2.29 bits per heavy atom. The van der Waals surface area contributed by atoms with E-state index in [1.54, 1.807) is 0 Å². The molecule has 0 aliphatic carbocycles. The lowest BCUT2D eigenvalue weighted by Crippen LogP contribution is -2.18. The summed E-state index contributed by atoms with van der Waals surface area (Å²) in [5, 5.41) is 4.10. The first kappa shape index (κ1) is 5.06. The molecule has 1 heterocycles. The molecule has 2 heteroatoms. The van der Waals surface area contributed by atoms with Gasteiger partial charge in [-0.3, -0.25) is 0 Å². The highest BCUT2D eigenvalue weighted by atomic mass is 15.2. The number of hydrogen-bond donors (Lipinski definition) is 0. The minimum atomic E-state index is 0.676. The Morgan fingerprint density at radius 3 is 2.43 bits per heavy atom. The first-order valence-corrected chi connectivity index (χ1v) is 2.60. The molecule has 41 valence electrons. The summed E-state index contributed by atoms with van der Waals surface area (Å²) in [5.74, 6) is 0. The number of likely N-dealkylation sites (N-methyl/N-ethyl adjacent to an activating group) is 1. The van der Waals surface area contributed by atoms with E-state index in [0.29, 0.717) is 6.04 Å². The van der Waals surface area contributed by atoms with Gasteiger partial charge in [0.05, 0.1) is 6.04 Å². The predicted octanol–water partition coefficient (Wildman–Crippen LogP) is -0.465. The van der Waals surface area contributed by atoms with Gasteiger partial charge in [-0.1, -0.05) is 0 Å². The van der Waals surface area contributed by atoms with Crippen molar-refractivity contribution < 1.29 is 0 Å². The van der Waals surface area contributed by atoms with E-state index in [9.17, 15) is 0 Å². The Morgan fingerprint density at radius 1 is 1.71 bits per heavy atom. The van der Waals surface area contributed by atoms with Crippen LogP contribution in [0, 0.1) is 0 Å². The molecule has 0 N–H and O–H groups in total. The number of hydrogen-bond acceptors (Lipinski definition) is 1. The van der Waals surface area contributed by atoms with Crippen molar-refractivity contribution >= 4 is 0 Å². The Labute approximate surface area is 44.5 Å². The van der Waals surface area contributed by atoms with Crippen molar-refractivity contribution in [2.24, 2.45) is 0 Å². The van der Waals surface area contributed by atoms with Crippen molar-refractivity contribution in [1.82, 2.24) is 10.2 Å². The van der Waals surface area contributed by atoms with Gasteiger partial charge < -0.3 is 4.90 Å². The van der Waals surface area contributed by atoms with Gasteiger partial charge >= 0.3 is 0 Å². The third-order valence-corrected chi connectivity index (χ3v) is 1.02. The molecule has 0 saturated carbocycles. The van der Waals surface area contributed by atoms with Gasteiger partial charge in [-0.25, -0.2) is 5.32 Å². The van der Waals surface area contributed by atoms with Gasteiger partial charge in [-0.2, -0.15) is 0 Å². The maximum absolute atomic E-state index is 4.10. The van der Waals surface area contributed by atoms with E-state index in [-0.39, 0.29) is 0 Å². The summed E-state index contributed by atoms with van der Waals surface area (Å²) in [4.78, 5) is 2.17. The van der Waals surface area contributed by atoms with Crippen LogP contribution in [0.4, 0.5) is 0 Å². The van der Waals surface area contributed by atoms with E-state index >= 15 is 0 Å². The lowest BCUT2D eigenvalue weighted by molar-refractivity contribution is 0.410. The third kappa shape index (κ3) is 1.90. The van der Waals surface area contributed by atoms with Crippen LogP contribution in [-0.4, -0.2) is 38.1 Å². The van der Waals surface area contributed by atoms with Crippen LogP contribution >= 0.6 is 0 Å². The monoisotopic (exact) mass is 99.1 g/mol. The topological polar surface area (TPSA) is 17.3 Å². The van der Waals surface area contributed by atoms with Gasteiger partial charge in [-0.05, 0) is 14.1 Å². The highest BCUT2D eigenvalue weighted by Crippen LogP contribution is 1.99. The zero-order valence-corrected chi connectivity index (χ0v) is 4.89. The molecular formula is C5H11N2. The Bertz CT molecular complexity index is 57.1. The van der Waals surface area contributed by atoms with Crippen molar-refractivity contribution in [1.29, 1.82) is 0 Å². The molecule has 1 aliphatic heterocycles. The lowest BCUT2D eigenvalue weighted by atomic mass is 10.4. The molecule has 0 bridgehead atoms. The fourth-order valence-electron chi connectivity index (χ4n) is 0.612. The zero-order valence-electron chi connectivity index (χ0n) is 4.89. The van der Waals surface area contributed by atoms with Gasteiger partial charge in [-0.15, -0.1) is 0 Å². The minimum absolute atomic E-state index is 0.676. The molecule has 1 aliphatic rings. The van der Waals surface area contributed by atoms with Gasteiger partial charge in [0.25, 0.3) is 0 Å². The molecule has 0 aromatic carbocycles. The maximum atomic E-state index is 4.10. The second kappa shape index (κ2) is 1.80. The van der Waals surface area contributed by atoms with Gasteiger partial charge in [0, 0.05) is 13.1 Å². The molecule has 0 aromatic rings. The van der Waals surface area contributed by atoms with Crippen molar-refractivity contribution in [3.8, 4) is 0 Å². The summed E-state index contributed by atoms with van der Waals surface area (Å²) in [6.07, 6.45) is 0. The minimum Gasteiger partial charge on any atom is -0.308 e. The SMILES string of the molecule is CN(C)CC1C[N]1.